The number of hydrogen-bond donors (Lipinski definition) is 3. The molecular weight excluding hydrogens is 396 g/mol. The van der Waals surface area contributed by atoms with Crippen LogP contribution in [0.25, 0.3) is 0 Å². The largest absolute Gasteiger partial charge is 0.593 e. The molecule has 2 amide bonds. The fraction of sp³-hybridized carbons (Fsp3) is 0.217. The second-order valence-corrected chi connectivity index (χ2v) is 8.46. The van der Waals surface area contributed by atoms with E-state index in [1.807, 2.05) is 18.2 Å². The Balaban J connectivity index is 1.31. The molecule has 2 aromatic carbocycles. The SMILES string of the molecule is O=C(NCc1ccncc1)Nc1ccc([S+]([O-])NC2CCCc3ccccc32)cc1. The summed E-state index contributed by atoms with van der Waals surface area (Å²) in [4.78, 5) is 16.7. The number of pyridine rings is 1. The quantitative estimate of drug-likeness (QED) is 0.524. The van der Waals surface area contributed by atoms with Gasteiger partial charge in [0.05, 0.1) is 17.4 Å². The van der Waals surface area contributed by atoms with Crippen LogP contribution in [0, 0.1) is 0 Å². The average Bonchev–Trinajstić information content (AvgIpc) is 2.79. The summed E-state index contributed by atoms with van der Waals surface area (Å²) in [5.41, 5.74) is 4.18. The second-order valence-electron chi connectivity index (χ2n) is 7.22. The molecule has 0 fully saturated rings. The van der Waals surface area contributed by atoms with Crippen LogP contribution in [0.1, 0.15) is 35.6 Å². The van der Waals surface area contributed by atoms with Crippen LogP contribution in [0.3, 0.4) is 0 Å². The van der Waals surface area contributed by atoms with E-state index in [2.05, 4.69) is 38.5 Å². The maximum absolute atomic E-state index is 12.8. The van der Waals surface area contributed by atoms with E-state index in [1.54, 1.807) is 36.7 Å². The topological polar surface area (TPSA) is 89.1 Å². The van der Waals surface area contributed by atoms with Crippen molar-refractivity contribution >= 4 is 23.1 Å². The number of urea groups is 1. The molecule has 0 radical (unpaired) electrons. The third-order valence-electron chi connectivity index (χ3n) is 5.15. The summed E-state index contributed by atoms with van der Waals surface area (Å²) >= 11 is -1.32. The highest BCUT2D eigenvalue weighted by Gasteiger charge is 2.25. The van der Waals surface area contributed by atoms with Gasteiger partial charge >= 0.3 is 6.03 Å². The fourth-order valence-corrected chi connectivity index (χ4v) is 4.62. The number of nitrogens with zero attached hydrogens (tertiary/aromatic N) is 1. The van der Waals surface area contributed by atoms with Gasteiger partial charge in [-0.3, -0.25) is 4.98 Å². The standard InChI is InChI=1S/C23H24N4O2S/c28-23(25-16-17-12-14-24-15-13-17)26-19-8-10-20(11-9-19)30(29)27-22-7-3-5-18-4-1-2-6-21(18)22/h1-2,4,6,8-15,22,27H,3,5,7,16H2,(H2,25,26,28). The van der Waals surface area contributed by atoms with E-state index in [-0.39, 0.29) is 12.1 Å². The lowest BCUT2D eigenvalue weighted by Gasteiger charge is -2.26. The number of benzene rings is 2. The first-order valence-electron chi connectivity index (χ1n) is 9.98. The third-order valence-corrected chi connectivity index (χ3v) is 6.35. The minimum atomic E-state index is -1.32. The lowest BCUT2D eigenvalue weighted by molar-refractivity contribution is 0.251. The molecule has 1 heterocycles. The molecule has 0 spiro atoms. The molecular formula is C23H24N4O2S. The Morgan fingerprint density at radius 3 is 2.63 bits per heavy atom. The van der Waals surface area contributed by atoms with E-state index in [0.717, 1.165) is 24.8 Å². The van der Waals surface area contributed by atoms with Crippen LogP contribution in [0.2, 0.25) is 0 Å². The van der Waals surface area contributed by atoms with Crippen LogP contribution in [0.4, 0.5) is 10.5 Å². The summed E-state index contributed by atoms with van der Waals surface area (Å²) < 4.78 is 16.1. The molecule has 0 aliphatic heterocycles. The summed E-state index contributed by atoms with van der Waals surface area (Å²) in [6.07, 6.45) is 6.51. The van der Waals surface area contributed by atoms with Crippen LogP contribution in [0.15, 0.2) is 78.0 Å². The number of carbonyl (C=O) groups excluding carboxylic acids is 1. The average molecular weight is 421 g/mol. The van der Waals surface area contributed by atoms with Gasteiger partial charge in [0.15, 0.2) is 4.90 Å². The Morgan fingerprint density at radius 2 is 1.83 bits per heavy atom. The fourth-order valence-electron chi connectivity index (χ4n) is 3.59. The van der Waals surface area contributed by atoms with E-state index in [9.17, 15) is 9.35 Å². The number of rotatable bonds is 6. The molecule has 0 saturated carbocycles. The Labute approximate surface area is 179 Å². The lowest BCUT2D eigenvalue weighted by atomic mass is 9.88. The minimum absolute atomic E-state index is 0.0903. The van der Waals surface area contributed by atoms with Gasteiger partial charge in [-0.25, -0.2) is 4.79 Å². The van der Waals surface area contributed by atoms with E-state index < -0.39 is 11.4 Å². The highest BCUT2D eigenvalue weighted by molar-refractivity contribution is 7.89. The number of hydrogen-bond acceptors (Lipinski definition) is 4. The van der Waals surface area contributed by atoms with Gasteiger partial charge in [-0.05, 0) is 72.4 Å². The van der Waals surface area contributed by atoms with Crippen molar-refractivity contribution in [2.75, 3.05) is 5.32 Å². The molecule has 0 saturated heterocycles. The van der Waals surface area contributed by atoms with E-state index in [0.29, 0.717) is 17.1 Å². The number of fused-ring (bicyclic) bond motifs is 1. The molecule has 2 unspecified atom stereocenters. The van der Waals surface area contributed by atoms with Crippen molar-refractivity contribution < 1.29 is 9.35 Å². The zero-order chi connectivity index (χ0) is 20.8. The maximum atomic E-state index is 12.8. The van der Waals surface area contributed by atoms with Crippen molar-refractivity contribution in [3.8, 4) is 0 Å². The zero-order valence-electron chi connectivity index (χ0n) is 16.5. The van der Waals surface area contributed by atoms with Crippen molar-refractivity contribution in [1.82, 2.24) is 15.0 Å². The van der Waals surface area contributed by atoms with Gasteiger partial charge in [0.1, 0.15) is 0 Å². The third kappa shape index (κ3) is 5.18. The van der Waals surface area contributed by atoms with Crippen LogP contribution in [-0.2, 0) is 24.3 Å². The van der Waals surface area contributed by atoms with Gasteiger partial charge in [-0.2, -0.15) is 0 Å². The first-order valence-corrected chi connectivity index (χ1v) is 11.1. The first-order chi connectivity index (χ1) is 14.7. The summed E-state index contributed by atoms with van der Waals surface area (Å²) in [5, 5.41) is 5.59. The van der Waals surface area contributed by atoms with E-state index >= 15 is 0 Å². The number of anilines is 1. The molecule has 3 aromatic rings. The zero-order valence-corrected chi connectivity index (χ0v) is 17.3. The minimum Gasteiger partial charge on any atom is -0.593 e. The van der Waals surface area contributed by atoms with Gasteiger partial charge in [-0.15, -0.1) is 4.72 Å². The molecule has 1 aromatic heterocycles. The summed E-state index contributed by atoms with van der Waals surface area (Å²) in [6.45, 7) is 0.420. The van der Waals surface area contributed by atoms with Gasteiger partial charge < -0.3 is 15.2 Å². The maximum Gasteiger partial charge on any atom is 0.319 e. The van der Waals surface area contributed by atoms with Gasteiger partial charge in [0.2, 0.25) is 0 Å². The smallest absolute Gasteiger partial charge is 0.319 e. The highest BCUT2D eigenvalue weighted by atomic mass is 32.2. The normalized spacial score (nSPS) is 16.4. The number of nitrogens with one attached hydrogen (secondary N) is 3. The van der Waals surface area contributed by atoms with Crippen molar-refractivity contribution in [1.29, 1.82) is 0 Å². The molecule has 1 aliphatic carbocycles. The lowest BCUT2D eigenvalue weighted by Crippen LogP contribution is -2.31. The number of carbonyl (C=O) groups is 1. The summed E-state index contributed by atoms with van der Waals surface area (Å²) in [6, 6.07) is 18.9. The van der Waals surface area contributed by atoms with Gasteiger partial charge in [0, 0.05) is 24.6 Å². The van der Waals surface area contributed by atoms with Crippen LogP contribution in [0.5, 0.6) is 0 Å². The summed E-state index contributed by atoms with van der Waals surface area (Å²) in [5.74, 6) is 0. The van der Waals surface area contributed by atoms with Crippen molar-refractivity contribution in [2.24, 2.45) is 0 Å². The van der Waals surface area contributed by atoms with Gasteiger partial charge in [0.25, 0.3) is 0 Å². The van der Waals surface area contributed by atoms with Crippen LogP contribution >= 0.6 is 0 Å². The number of aromatic nitrogens is 1. The predicted octanol–water partition coefficient (Wildman–Crippen LogP) is 4.09. The molecule has 154 valence electrons. The van der Waals surface area contributed by atoms with Crippen molar-refractivity contribution in [2.45, 2.75) is 36.7 Å². The Kier molecular flexibility index (Phi) is 6.63. The molecule has 6 nitrogen and oxygen atoms in total. The molecule has 4 rings (SSSR count). The van der Waals surface area contributed by atoms with Gasteiger partial charge in [-0.1, -0.05) is 24.3 Å². The van der Waals surface area contributed by atoms with Crippen LogP contribution in [-0.4, -0.2) is 15.6 Å². The molecule has 1 aliphatic rings. The number of aryl methyl sites for hydroxylation is 1. The first kappa shape index (κ1) is 20.4. The monoisotopic (exact) mass is 420 g/mol. The molecule has 0 bridgehead atoms. The van der Waals surface area contributed by atoms with E-state index in [4.69, 9.17) is 0 Å². The molecule has 3 N–H and O–H groups in total. The summed E-state index contributed by atoms with van der Waals surface area (Å²) in [7, 11) is 0. The Bertz CT molecular complexity index is 982. The molecule has 7 heteroatoms. The van der Waals surface area contributed by atoms with Crippen LogP contribution < -0.4 is 15.4 Å². The second kappa shape index (κ2) is 9.75. The Hall–Kier alpha value is -2.87. The Morgan fingerprint density at radius 1 is 1.07 bits per heavy atom. The molecule has 2 atom stereocenters. The van der Waals surface area contributed by atoms with Crippen molar-refractivity contribution in [3.05, 3.63) is 89.7 Å². The number of amides is 2. The van der Waals surface area contributed by atoms with Crippen molar-refractivity contribution in [3.63, 3.8) is 0 Å². The molecule has 30 heavy (non-hydrogen) atoms. The van der Waals surface area contributed by atoms with E-state index in [1.165, 1.54) is 11.1 Å². The highest BCUT2D eigenvalue weighted by Crippen LogP contribution is 2.30. The predicted molar refractivity (Wildman–Crippen MR) is 118 cm³/mol.